The quantitative estimate of drug-likeness (QED) is 0.765. The van der Waals surface area contributed by atoms with E-state index in [1.165, 1.54) is 0 Å². The van der Waals surface area contributed by atoms with Crippen LogP contribution < -0.4 is 5.32 Å². The first-order chi connectivity index (χ1) is 9.26. The molecule has 1 atom stereocenters. The Labute approximate surface area is 119 Å². The van der Waals surface area contributed by atoms with Crippen LogP contribution in [0, 0.1) is 0 Å². The zero-order chi connectivity index (χ0) is 15.4. The molecule has 20 heavy (non-hydrogen) atoms. The first kappa shape index (κ1) is 16.9. The van der Waals surface area contributed by atoms with Crippen molar-refractivity contribution in [2.75, 3.05) is 5.75 Å². The average molecular weight is 305 g/mol. The molecule has 116 valence electrons. The van der Waals surface area contributed by atoms with Gasteiger partial charge in [0.05, 0.1) is 12.2 Å². The number of hydrogen-bond donors (Lipinski definition) is 2. The van der Waals surface area contributed by atoms with Gasteiger partial charge in [-0.2, -0.15) is 0 Å². The van der Waals surface area contributed by atoms with Crippen LogP contribution in [0.1, 0.15) is 52.4 Å². The van der Waals surface area contributed by atoms with E-state index < -0.39 is 32.5 Å². The number of rotatable bonds is 6. The van der Waals surface area contributed by atoms with Crippen molar-refractivity contribution < 1.29 is 23.1 Å². The molecule has 0 radical (unpaired) electrons. The van der Waals surface area contributed by atoms with Crippen molar-refractivity contribution in [1.29, 1.82) is 0 Å². The topological polar surface area (TPSA) is 101 Å². The number of aliphatic carboxylic acids is 1. The first-order valence-corrected chi connectivity index (χ1v) is 8.73. The standard InChI is InChI=1S/C13H23NO5S/c1-3-13(4-2,9-11(15)16)14-12(17)10-7-5-6-8-20(10,18)19/h10H,3-9H2,1-2H3,(H,14,17)(H,15,16). The molecule has 1 fully saturated rings. The first-order valence-electron chi connectivity index (χ1n) is 7.01. The number of carboxylic acid groups (broad SMARTS) is 1. The number of carbonyl (C=O) groups excluding carboxylic acids is 1. The molecule has 1 unspecified atom stereocenters. The van der Waals surface area contributed by atoms with Crippen LogP contribution in [0.5, 0.6) is 0 Å². The Balaban J connectivity index is 2.88. The highest BCUT2D eigenvalue weighted by atomic mass is 32.2. The highest BCUT2D eigenvalue weighted by Crippen LogP contribution is 2.24. The van der Waals surface area contributed by atoms with Gasteiger partial charge in [0.15, 0.2) is 9.84 Å². The van der Waals surface area contributed by atoms with Gasteiger partial charge in [0.25, 0.3) is 0 Å². The van der Waals surface area contributed by atoms with Crippen LogP contribution in [0.25, 0.3) is 0 Å². The average Bonchev–Trinajstić information content (AvgIpc) is 2.36. The summed E-state index contributed by atoms with van der Waals surface area (Å²) in [5.74, 6) is -1.51. The largest absolute Gasteiger partial charge is 0.481 e. The molecule has 1 rings (SSSR count). The molecule has 7 heteroatoms. The highest BCUT2D eigenvalue weighted by molar-refractivity contribution is 7.92. The summed E-state index contributed by atoms with van der Waals surface area (Å²) in [5, 5.41) is 10.6. The van der Waals surface area contributed by atoms with Crippen molar-refractivity contribution in [3.8, 4) is 0 Å². The molecule has 6 nitrogen and oxygen atoms in total. The highest BCUT2D eigenvalue weighted by Gasteiger charge is 2.39. The van der Waals surface area contributed by atoms with Gasteiger partial charge in [-0.15, -0.1) is 0 Å². The molecule has 1 saturated heterocycles. The zero-order valence-corrected chi connectivity index (χ0v) is 12.8. The van der Waals surface area contributed by atoms with Gasteiger partial charge in [-0.25, -0.2) is 8.42 Å². The van der Waals surface area contributed by atoms with Crippen LogP contribution in [-0.4, -0.2) is 41.9 Å². The van der Waals surface area contributed by atoms with E-state index in [4.69, 9.17) is 5.11 Å². The van der Waals surface area contributed by atoms with E-state index >= 15 is 0 Å². The summed E-state index contributed by atoms with van der Waals surface area (Å²) >= 11 is 0. The van der Waals surface area contributed by atoms with E-state index in [0.717, 1.165) is 0 Å². The van der Waals surface area contributed by atoms with E-state index in [0.29, 0.717) is 32.1 Å². The molecule has 2 N–H and O–H groups in total. The van der Waals surface area contributed by atoms with Gasteiger partial charge < -0.3 is 10.4 Å². The predicted molar refractivity (Wildman–Crippen MR) is 75.1 cm³/mol. The van der Waals surface area contributed by atoms with Crippen molar-refractivity contribution in [3.05, 3.63) is 0 Å². The Bertz CT molecular complexity index is 467. The number of sulfone groups is 1. The van der Waals surface area contributed by atoms with Gasteiger partial charge in [-0.05, 0) is 25.7 Å². The van der Waals surface area contributed by atoms with E-state index in [9.17, 15) is 18.0 Å². The Kier molecular flexibility index (Phi) is 5.56. The normalized spacial score (nSPS) is 22.2. The number of hydrogen-bond acceptors (Lipinski definition) is 4. The van der Waals surface area contributed by atoms with Crippen LogP contribution in [0.15, 0.2) is 0 Å². The molecule has 0 aromatic rings. The van der Waals surface area contributed by atoms with Crippen LogP contribution in [-0.2, 0) is 19.4 Å². The summed E-state index contributed by atoms with van der Waals surface area (Å²) in [5.41, 5.74) is -0.865. The summed E-state index contributed by atoms with van der Waals surface area (Å²) in [6, 6.07) is 0. The monoisotopic (exact) mass is 305 g/mol. The number of carbonyl (C=O) groups is 2. The third-order valence-electron chi connectivity index (χ3n) is 4.10. The minimum Gasteiger partial charge on any atom is -0.481 e. The molecular weight excluding hydrogens is 282 g/mol. The van der Waals surface area contributed by atoms with Gasteiger partial charge in [-0.3, -0.25) is 9.59 Å². The van der Waals surface area contributed by atoms with Gasteiger partial charge >= 0.3 is 5.97 Å². The third-order valence-corrected chi connectivity index (χ3v) is 6.28. The Morgan fingerprint density at radius 1 is 1.25 bits per heavy atom. The maximum Gasteiger partial charge on any atom is 0.305 e. The summed E-state index contributed by atoms with van der Waals surface area (Å²) < 4.78 is 23.9. The Morgan fingerprint density at radius 2 is 1.85 bits per heavy atom. The number of nitrogens with one attached hydrogen (secondary N) is 1. The smallest absolute Gasteiger partial charge is 0.305 e. The molecule has 0 aliphatic carbocycles. The fourth-order valence-electron chi connectivity index (χ4n) is 2.60. The minimum absolute atomic E-state index is 0.0370. The van der Waals surface area contributed by atoms with Gasteiger partial charge in [-0.1, -0.05) is 20.3 Å². The van der Waals surface area contributed by atoms with E-state index in [1.54, 1.807) is 13.8 Å². The van der Waals surface area contributed by atoms with Crippen molar-refractivity contribution in [2.45, 2.75) is 63.2 Å². The molecule has 0 aromatic heterocycles. The molecule has 1 aliphatic heterocycles. The van der Waals surface area contributed by atoms with E-state index in [1.807, 2.05) is 0 Å². The van der Waals surface area contributed by atoms with Gasteiger partial charge in [0, 0.05) is 5.54 Å². The summed E-state index contributed by atoms with van der Waals surface area (Å²) in [7, 11) is -3.40. The summed E-state index contributed by atoms with van der Waals surface area (Å²) in [4.78, 5) is 23.2. The van der Waals surface area contributed by atoms with Gasteiger partial charge in [0.1, 0.15) is 5.25 Å². The third kappa shape index (κ3) is 3.94. The Morgan fingerprint density at radius 3 is 2.30 bits per heavy atom. The van der Waals surface area contributed by atoms with Crippen LogP contribution >= 0.6 is 0 Å². The van der Waals surface area contributed by atoms with Crippen LogP contribution in [0.3, 0.4) is 0 Å². The lowest BCUT2D eigenvalue weighted by atomic mass is 9.88. The molecule has 1 aliphatic rings. The number of carboxylic acids is 1. The molecular formula is C13H23NO5S. The van der Waals surface area contributed by atoms with Crippen molar-refractivity contribution in [3.63, 3.8) is 0 Å². The molecule has 1 amide bonds. The van der Waals surface area contributed by atoms with E-state index in [2.05, 4.69) is 5.32 Å². The number of amides is 1. The summed E-state index contributed by atoms with van der Waals surface area (Å²) in [6.07, 6.45) is 2.33. The predicted octanol–water partition coefficient (Wildman–Crippen LogP) is 1.10. The van der Waals surface area contributed by atoms with Crippen LogP contribution in [0.2, 0.25) is 0 Å². The van der Waals surface area contributed by atoms with Crippen molar-refractivity contribution >= 4 is 21.7 Å². The second kappa shape index (κ2) is 6.56. The lowest BCUT2D eigenvalue weighted by Crippen LogP contribution is -2.54. The van der Waals surface area contributed by atoms with Crippen LogP contribution in [0.4, 0.5) is 0 Å². The molecule has 1 heterocycles. The second-order valence-corrected chi connectivity index (χ2v) is 7.70. The SMILES string of the molecule is CCC(CC)(CC(=O)O)NC(=O)C1CCCCS1(=O)=O. The lowest BCUT2D eigenvalue weighted by Gasteiger charge is -2.33. The fourth-order valence-corrected chi connectivity index (χ4v) is 4.40. The molecule has 0 aromatic carbocycles. The molecule has 0 bridgehead atoms. The maximum atomic E-state index is 12.2. The molecule has 0 spiro atoms. The lowest BCUT2D eigenvalue weighted by molar-refractivity contribution is -0.139. The fraction of sp³-hybridized carbons (Fsp3) is 0.846. The summed E-state index contributed by atoms with van der Waals surface area (Å²) in [6.45, 7) is 3.59. The maximum absolute atomic E-state index is 12.2. The molecule has 0 saturated carbocycles. The van der Waals surface area contributed by atoms with Crippen molar-refractivity contribution in [1.82, 2.24) is 5.32 Å². The Hall–Kier alpha value is -1.11. The van der Waals surface area contributed by atoms with Gasteiger partial charge in [0.2, 0.25) is 5.91 Å². The minimum atomic E-state index is -3.40. The zero-order valence-electron chi connectivity index (χ0n) is 12.0. The van der Waals surface area contributed by atoms with E-state index in [-0.39, 0.29) is 12.2 Å². The van der Waals surface area contributed by atoms with Crippen molar-refractivity contribution in [2.24, 2.45) is 0 Å². The second-order valence-electron chi connectivity index (χ2n) is 5.40.